The van der Waals surface area contributed by atoms with Crippen molar-refractivity contribution in [2.45, 2.75) is 31.4 Å². The van der Waals surface area contributed by atoms with Crippen LogP contribution < -0.4 is 4.74 Å². The van der Waals surface area contributed by atoms with Crippen molar-refractivity contribution in [1.82, 2.24) is 0 Å². The highest BCUT2D eigenvalue weighted by atomic mass is 32.1. The Labute approximate surface area is 90.9 Å². The molecule has 0 bridgehead atoms. The van der Waals surface area contributed by atoms with E-state index in [4.69, 9.17) is 4.74 Å². The lowest BCUT2D eigenvalue weighted by atomic mass is 9.86. The summed E-state index contributed by atoms with van der Waals surface area (Å²) in [6.45, 7) is 7.30. The van der Waals surface area contributed by atoms with Gasteiger partial charge in [0.1, 0.15) is 5.75 Å². The van der Waals surface area contributed by atoms with Crippen molar-refractivity contribution >= 4 is 12.6 Å². The molecule has 0 saturated carbocycles. The predicted molar refractivity (Wildman–Crippen MR) is 62.4 cm³/mol. The minimum Gasteiger partial charge on any atom is -0.492 e. The maximum atomic E-state index is 5.62. The SMILES string of the molecule is CC(S)c1ccc2c(c1)C(C)(C)CO2. The van der Waals surface area contributed by atoms with Crippen LogP contribution in [0.1, 0.15) is 37.1 Å². The zero-order chi connectivity index (χ0) is 10.3. The van der Waals surface area contributed by atoms with Crippen LogP contribution in [-0.4, -0.2) is 6.61 Å². The van der Waals surface area contributed by atoms with E-state index in [1.807, 2.05) is 0 Å². The van der Waals surface area contributed by atoms with Gasteiger partial charge in [0.2, 0.25) is 0 Å². The Morgan fingerprint density at radius 2 is 2.14 bits per heavy atom. The Morgan fingerprint density at radius 3 is 2.79 bits per heavy atom. The number of rotatable bonds is 1. The highest BCUT2D eigenvalue weighted by Gasteiger charge is 2.31. The molecular formula is C12H16OS. The Hall–Kier alpha value is -0.630. The number of hydrogen-bond acceptors (Lipinski definition) is 2. The molecule has 0 spiro atoms. The molecular weight excluding hydrogens is 192 g/mol. The highest BCUT2D eigenvalue weighted by Crippen LogP contribution is 2.39. The van der Waals surface area contributed by atoms with Crippen molar-refractivity contribution < 1.29 is 4.74 Å². The van der Waals surface area contributed by atoms with Crippen LogP contribution >= 0.6 is 12.6 Å². The molecule has 0 aliphatic carbocycles. The molecule has 1 nitrogen and oxygen atoms in total. The molecule has 0 saturated heterocycles. The standard InChI is InChI=1S/C12H16OS/c1-8(14)9-4-5-11-10(6-9)12(2,3)7-13-11/h4-6,8,14H,7H2,1-3H3. The lowest BCUT2D eigenvalue weighted by Crippen LogP contribution is -2.18. The summed E-state index contributed by atoms with van der Waals surface area (Å²) in [6.07, 6.45) is 0. The summed E-state index contributed by atoms with van der Waals surface area (Å²) in [5.41, 5.74) is 2.73. The molecule has 14 heavy (non-hydrogen) atoms. The average Bonchev–Trinajstić information content (AvgIpc) is 2.42. The molecule has 1 aliphatic heterocycles. The summed E-state index contributed by atoms with van der Waals surface area (Å²) in [6, 6.07) is 6.38. The lowest BCUT2D eigenvalue weighted by molar-refractivity contribution is 0.291. The number of hydrogen-bond donors (Lipinski definition) is 1. The van der Waals surface area contributed by atoms with Crippen molar-refractivity contribution in [3.63, 3.8) is 0 Å². The van der Waals surface area contributed by atoms with Crippen LogP contribution in [0.3, 0.4) is 0 Å². The molecule has 1 aliphatic rings. The molecule has 2 rings (SSSR count). The Morgan fingerprint density at radius 1 is 1.43 bits per heavy atom. The van der Waals surface area contributed by atoms with E-state index in [1.165, 1.54) is 11.1 Å². The Bertz CT molecular complexity index is 355. The van der Waals surface area contributed by atoms with Crippen LogP contribution in [0.25, 0.3) is 0 Å². The molecule has 2 heteroatoms. The van der Waals surface area contributed by atoms with Gasteiger partial charge in [0.05, 0.1) is 6.61 Å². The summed E-state index contributed by atoms with van der Waals surface area (Å²) >= 11 is 4.44. The molecule has 0 fully saturated rings. The summed E-state index contributed by atoms with van der Waals surface area (Å²) in [5.74, 6) is 1.03. The second-order valence-corrected chi connectivity index (χ2v) is 5.38. The molecule has 0 radical (unpaired) electrons. The molecule has 1 unspecified atom stereocenters. The molecule has 76 valence electrons. The van der Waals surface area contributed by atoms with Crippen molar-refractivity contribution in [2.24, 2.45) is 0 Å². The third-order valence-corrected chi connectivity index (χ3v) is 3.10. The van der Waals surface area contributed by atoms with Gasteiger partial charge in [-0.1, -0.05) is 26.0 Å². The van der Waals surface area contributed by atoms with E-state index >= 15 is 0 Å². The van der Waals surface area contributed by atoms with Crippen molar-refractivity contribution in [1.29, 1.82) is 0 Å². The van der Waals surface area contributed by atoms with Gasteiger partial charge < -0.3 is 4.74 Å². The Balaban J connectivity index is 2.48. The largest absolute Gasteiger partial charge is 0.492 e. The minimum absolute atomic E-state index is 0.147. The van der Waals surface area contributed by atoms with Gasteiger partial charge in [-0.05, 0) is 18.6 Å². The van der Waals surface area contributed by atoms with Gasteiger partial charge in [-0.2, -0.15) is 12.6 Å². The first-order valence-corrected chi connectivity index (χ1v) is 5.48. The maximum absolute atomic E-state index is 5.62. The molecule has 1 aromatic carbocycles. The fourth-order valence-corrected chi connectivity index (χ4v) is 1.96. The molecule has 0 N–H and O–H groups in total. The van der Waals surface area contributed by atoms with Crippen LogP contribution in [0.15, 0.2) is 18.2 Å². The van der Waals surface area contributed by atoms with Crippen molar-refractivity contribution in [3.05, 3.63) is 29.3 Å². The van der Waals surface area contributed by atoms with Gasteiger partial charge in [-0.25, -0.2) is 0 Å². The molecule has 1 atom stereocenters. The predicted octanol–water partition coefficient (Wildman–Crippen LogP) is 3.35. The number of benzene rings is 1. The van der Waals surface area contributed by atoms with Crippen LogP contribution in [-0.2, 0) is 5.41 Å². The van der Waals surface area contributed by atoms with E-state index in [0.717, 1.165) is 12.4 Å². The van der Waals surface area contributed by atoms with Crippen molar-refractivity contribution in [3.8, 4) is 5.75 Å². The fourth-order valence-electron chi connectivity index (χ4n) is 1.80. The zero-order valence-corrected chi connectivity index (χ0v) is 9.77. The van der Waals surface area contributed by atoms with E-state index in [-0.39, 0.29) is 10.7 Å². The van der Waals surface area contributed by atoms with Gasteiger partial charge in [0.15, 0.2) is 0 Å². The normalized spacial score (nSPS) is 20.0. The molecule has 1 heterocycles. The number of fused-ring (bicyclic) bond motifs is 1. The quantitative estimate of drug-likeness (QED) is 0.696. The van der Waals surface area contributed by atoms with Crippen LogP contribution in [0.5, 0.6) is 5.75 Å². The average molecular weight is 208 g/mol. The fraction of sp³-hybridized carbons (Fsp3) is 0.500. The van der Waals surface area contributed by atoms with Gasteiger partial charge in [-0.3, -0.25) is 0 Å². The zero-order valence-electron chi connectivity index (χ0n) is 8.87. The number of ether oxygens (including phenoxy) is 1. The van der Waals surface area contributed by atoms with E-state index in [2.05, 4.69) is 51.6 Å². The van der Waals surface area contributed by atoms with Crippen LogP contribution in [0, 0.1) is 0 Å². The summed E-state index contributed by atoms with van der Waals surface area (Å²) in [5, 5.41) is 0.289. The van der Waals surface area contributed by atoms with E-state index in [1.54, 1.807) is 0 Å². The van der Waals surface area contributed by atoms with Gasteiger partial charge in [-0.15, -0.1) is 0 Å². The summed E-state index contributed by atoms with van der Waals surface area (Å²) in [7, 11) is 0. The maximum Gasteiger partial charge on any atom is 0.123 e. The van der Waals surface area contributed by atoms with Gasteiger partial charge in [0.25, 0.3) is 0 Å². The van der Waals surface area contributed by atoms with E-state index in [0.29, 0.717) is 0 Å². The lowest BCUT2D eigenvalue weighted by Gasteiger charge is -2.16. The monoisotopic (exact) mass is 208 g/mol. The first kappa shape index (κ1) is 9.91. The summed E-state index contributed by atoms with van der Waals surface area (Å²) < 4.78 is 5.62. The summed E-state index contributed by atoms with van der Waals surface area (Å²) in [4.78, 5) is 0. The van der Waals surface area contributed by atoms with Crippen molar-refractivity contribution in [2.75, 3.05) is 6.61 Å². The third-order valence-electron chi connectivity index (χ3n) is 2.80. The molecule has 0 amide bonds. The molecule has 0 aromatic heterocycles. The van der Waals surface area contributed by atoms with E-state index in [9.17, 15) is 0 Å². The van der Waals surface area contributed by atoms with Crippen LogP contribution in [0.4, 0.5) is 0 Å². The topological polar surface area (TPSA) is 9.23 Å². The first-order chi connectivity index (χ1) is 6.50. The third kappa shape index (κ3) is 1.52. The van der Waals surface area contributed by atoms with E-state index < -0.39 is 0 Å². The number of thiol groups is 1. The highest BCUT2D eigenvalue weighted by molar-refractivity contribution is 7.80. The van der Waals surface area contributed by atoms with Gasteiger partial charge in [0, 0.05) is 16.2 Å². The second-order valence-electron chi connectivity index (χ2n) is 4.60. The smallest absolute Gasteiger partial charge is 0.123 e. The Kier molecular flexibility index (Phi) is 2.26. The first-order valence-electron chi connectivity index (χ1n) is 4.96. The second kappa shape index (κ2) is 3.20. The van der Waals surface area contributed by atoms with Gasteiger partial charge >= 0.3 is 0 Å². The van der Waals surface area contributed by atoms with Crippen LogP contribution in [0.2, 0.25) is 0 Å². The minimum atomic E-state index is 0.147. The molecule has 1 aromatic rings.